The van der Waals surface area contributed by atoms with Crippen LogP contribution in [0.25, 0.3) is 0 Å². The van der Waals surface area contributed by atoms with E-state index in [1.807, 2.05) is 0 Å². The van der Waals surface area contributed by atoms with Crippen molar-refractivity contribution in [1.29, 1.82) is 0 Å². The van der Waals surface area contributed by atoms with Crippen molar-refractivity contribution < 1.29 is 14.3 Å². The highest BCUT2D eigenvalue weighted by molar-refractivity contribution is 5.69. The van der Waals surface area contributed by atoms with Crippen LogP contribution in [-0.2, 0) is 14.3 Å². The van der Waals surface area contributed by atoms with E-state index in [0.717, 1.165) is 51.9 Å². The number of carbonyl (C=O) groups excluding carboxylic acids is 1. The van der Waals surface area contributed by atoms with Gasteiger partial charge in [0, 0.05) is 26.2 Å². The minimum absolute atomic E-state index is 0.0530. The van der Waals surface area contributed by atoms with E-state index in [1.165, 1.54) is 19.4 Å². The first-order valence-corrected chi connectivity index (χ1v) is 9.52. The SMILES string of the molecule is CCCCN(C)CCCOCCCCCOC(=O)CC(C)CC. The number of hydrogen-bond acceptors (Lipinski definition) is 4. The number of hydrogen-bond donors (Lipinski definition) is 0. The van der Waals surface area contributed by atoms with Gasteiger partial charge in [-0.2, -0.15) is 0 Å². The van der Waals surface area contributed by atoms with Crippen molar-refractivity contribution in [3.05, 3.63) is 0 Å². The lowest BCUT2D eigenvalue weighted by atomic mass is 10.1. The van der Waals surface area contributed by atoms with Gasteiger partial charge in [0.1, 0.15) is 0 Å². The molecule has 4 heteroatoms. The number of esters is 1. The van der Waals surface area contributed by atoms with Crippen LogP contribution < -0.4 is 0 Å². The quantitative estimate of drug-likeness (QED) is 0.313. The van der Waals surface area contributed by atoms with Crippen LogP contribution in [0.5, 0.6) is 0 Å². The van der Waals surface area contributed by atoms with E-state index in [1.54, 1.807) is 0 Å². The lowest BCUT2D eigenvalue weighted by molar-refractivity contribution is -0.144. The van der Waals surface area contributed by atoms with Crippen molar-refractivity contribution in [3.63, 3.8) is 0 Å². The van der Waals surface area contributed by atoms with Crippen molar-refractivity contribution in [2.24, 2.45) is 5.92 Å². The van der Waals surface area contributed by atoms with Crippen molar-refractivity contribution in [2.75, 3.05) is 40.0 Å². The Morgan fingerprint density at radius 2 is 1.61 bits per heavy atom. The monoisotopic (exact) mass is 329 g/mol. The molecular formula is C19H39NO3. The Hall–Kier alpha value is -0.610. The van der Waals surface area contributed by atoms with E-state index in [2.05, 4.69) is 32.7 Å². The second-order valence-electron chi connectivity index (χ2n) is 6.62. The molecule has 0 aliphatic carbocycles. The molecule has 0 saturated heterocycles. The van der Waals surface area contributed by atoms with Gasteiger partial charge in [0.2, 0.25) is 0 Å². The predicted octanol–water partition coefficient (Wildman–Crippen LogP) is 4.27. The summed E-state index contributed by atoms with van der Waals surface area (Å²) in [6, 6.07) is 0. The maximum Gasteiger partial charge on any atom is 0.306 e. The van der Waals surface area contributed by atoms with Gasteiger partial charge in [-0.05, 0) is 51.6 Å². The molecule has 0 bridgehead atoms. The molecule has 0 radical (unpaired) electrons. The van der Waals surface area contributed by atoms with Crippen LogP contribution in [0.2, 0.25) is 0 Å². The zero-order valence-corrected chi connectivity index (χ0v) is 15.9. The van der Waals surface area contributed by atoms with E-state index in [9.17, 15) is 4.79 Å². The summed E-state index contributed by atoms with van der Waals surface area (Å²) in [6.45, 7) is 10.9. The number of nitrogens with zero attached hydrogens (tertiary/aromatic N) is 1. The first kappa shape index (κ1) is 22.4. The smallest absolute Gasteiger partial charge is 0.306 e. The van der Waals surface area contributed by atoms with E-state index >= 15 is 0 Å². The van der Waals surface area contributed by atoms with Crippen molar-refractivity contribution in [2.45, 2.75) is 72.1 Å². The lowest BCUT2D eigenvalue weighted by Gasteiger charge is -2.15. The summed E-state index contributed by atoms with van der Waals surface area (Å²) >= 11 is 0. The fourth-order valence-electron chi connectivity index (χ4n) is 2.24. The molecule has 0 aliphatic rings. The maximum absolute atomic E-state index is 11.5. The van der Waals surface area contributed by atoms with Crippen LogP contribution >= 0.6 is 0 Å². The molecule has 0 aliphatic heterocycles. The third-order valence-electron chi connectivity index (χ3n) is 4.13. The Morgan fingerprint density at radius 1 is 0.957 bits per heavy atom. The summed E-state index contributed by atoms with van der Waals surface area (Å²) in [5.74, 6) is 0.375. The summed E-state index contributed by atoms with van der Waals surface area (Å²) in [5, 5.41) is 0. The topological polar surface area (TPSA) is 38.8 Å². The molecule has 0 aromatic rings. The van der Waals surface area contributed by atoms with Crippen molar-refractivity contribution in [3.8, 4) is 0 Å². The molecular weight excluding hydrogens is 290 g/mol. The molecule has 0 saturated carbocycles. The Morgan fingerprint density at radius 3 is 2.30 bits per heavy atom. The minimum Gasteiger partial charge on any atom is -0.466 e. The molecule has 0 spiro atoms. The van der Waals surface area contributed by atoms with Crippen LogP contribution in [0.15, 0.2) is 0 Å². The van der Waals surface area contributed by atoms with Gasteiger partial charge < -0.3 is 14.4 Å². The van der Waals surface area contributed by atoms with Gasteiger partial charge in [-0.3, -0.25) is 4.79 Å². The second-order valence-corrected chi connectivity index (χ2v) is 6.62. The molecule has 138 valence electrons. The van der Waals surface area contributed by atoms with Gasteiger partial charge in [-0.15, -0.1) is 0 Å². The minimum atomic E-state index is -0.0530. The van der Waals surface area contributed by atoms with Crippen LogP contribution in [-0.4, -0.2) is 50.8 Å². The zero-order valence-electron chi connectivity index (χ0n) is 15.9. The van der Waals surface area contributed by atoms with Crippen LogP contribution in [0.1, 0.15) is 72.1 Å². The molecule has 0 aromatic heterocycles. The Bertz CT molecular complexity index is 271. The summed E-state index contributed by atoms with van der Waals surface area (Å²) < 4.78 is 10.9. The average Bonchev–Trinajstić information content (AvgIpc) is 2.54. The third kappa shape index (κ3) is 16.0. The highest BCUT2D eigenvalue weighted by Gasteiger charge is 2.07. The molecule has 0 N–H and O–H groups in total. The van der Waals surface area contributed by atoms with Gasteiger partial charge in [0.15, 0.2) is 0 Å². The first-order chi connectivity index (χ1) is 11.1. The van der Waals surface area contributed by atoms with Crippen LogP contribution in [0.3, 0.4) is 0 Å². The lowest BCUT2D eigenvalue weighted by Crippen LogP contribution is -2.21. The Labute approximate surface area is 143 Å². The number of ether oxygens (including phenoxy) is 2. The van der Waals surface area contributed by atoms with Crippen molar-refractivity contribution >= 4 is 5.97 Å². The molecule has 0 aromatic carbocycles. The van der Waals surface area contributed by atoms with Gasteiger partial charge in [0.25, 0.3) is 0 Å². The fraction of sp³-hybridized carbons (Fsp3) is 0.947. The van der Waals surface area contributed by atoms with Crippen molar-refractivity contribution in [1.82, 2.24) is 4.90 Å². The summed E-state index contributed by atoms with van der Waals surface area (Å²) in [4.78, 5) is 13.9. The van der Waals surface area contributed by atoms with E-state index in [4.69, 9.17) is 9.47 Å². The Balaban J connectivity index is 3.23. The normalized spacial score (nSPS) is 12.6. The zero-order chi connectivity index (χ0) is 17.3. The number of rotatable bonds is 16. The molecule has 1 unspecified atom stereocenters. The number of carbonyl (C=O) groups is 1. The predicted molar refractivity (Wildman–Crippen MR) is 96.7 cm³/mol. The van der Waals surface area contributed by atoms with Gasteiger partial charge >= 0.3 is 5.97 Å². The largest absolute Gasteiger partial charge is 0.466 e. The standard InChI is InChI=1S/C19H39NO3/c1-5-7-12-20(4)13-11-15-22-14-9-8-10-16-23-19(21)17-18(3)6-2/h18H,5-17H2,1-4H3. The van der Waals surface area contributed by atoms with Crippen LogP contribution in [0, 0.1) is 5.92 Å². The molecule has 0 heterocycles. The molecule has 0 fully saturated rings. The van der Waals surface area contributed by atoms with Gasteiger partial charge in [0.05, 0.1) is 6.61 Å². The summed E-state index contributed by atoms with van der Waals surface area (Å²) in [5.41, 5.74) is 0. The molecule has 1 atom stereocenters. The molecule has 0 rings (SSSR count). The maximum atomic E-state index is 11.5. The summed E-state index contributed by atoms with van der Waals surface area (Å²) in [7, 11) is 2.18. The first-order valence-electron chi connectivity index (χ1n) is 9.52. The number of unbranched alkanes of at least 4 members (excludes halogenated alkanes) is 3. The van der Waals surface area contributed by atoms with Gasteiger partial charge in [-0.1, -0.05) is 33.6 Å². The highest BCUT2D eigenvalue weighted by atomic mass is 16.5. The highest BCUT2D eigenvalue weighted by Crippen LogP contribution is 2.07. The fourth-order valence-corrected chi connectivity index (χ4v) is 2.24. The molecule has 23 heavy (non-hydrogen) atoms. The molecule has 0 amide bonds. The van der Waals surface area contributed by atoms with E-state index in [0.29, 0.717) is 18.9 Å². The van der Waals surface area contributed by atoms with Crippen LogP contribution in [0.4, 0.5) is 0 Å². The van der Waals surface area contributed by atoms with E-state index < -0.39 is 0 Å². The Kier molecular flexibility index (Phi) is 15.8. The van der Waals surface area contributed by atoms with Gasteiger partial charge in [-0.25, -0.2) is 0 Å². The third-order valence-corrected chi connectivity index (χ3v) is 4.13. The second kappa shape index (κ2) is 16.3. The van der Waals surface area contributed by atoms with E-state index in [-0.39, 0.29) is 5.97 Å². The summed E-state index contributed by atoms with van der Waals surface area (Å²) in [6.07, 6.45) is 8.27. The average molecular weight is 330 g/mol. The molecule has 4 nitrogen and oxygen atoms in total.